The van der Waals surface area contributed by atoms with Crippen LogP contribution in [0, 0.1) is 0 Å². The number of rotatable bonds is 7. The molecule has 1 saturated heterocycles. The molecule has 132 valence electrons. The molecule has 1 amide bonds. The molecule has 0 bridgehead atoms. The van der Waals surface area contributed by atoms with Crippen molar-refractivity contribution < 1.29 is 17.9 Å². The van der Waals surface area contributed by atoms with Crippen LogP contribution in [0.1, 0.15) is 12.5 Å². The molecule has 1 aliphatic heterocycles. The molecule has 1 heterocycles. The van der Waals surface area contributed by atoms with Gasteiger partial charge in [-0.05, 0) is 42.0 Å². The summed E-state index contributed by atoms with van der Waals surface area (Å²) in [6.07, 6.45) is 0. The zero-order valence-corrected chi connectivity index (χ0v) is 15.4. The summed E-state index contributed by atoms with van der Waals surface area (Å²) in [6.45, 7) is 1.95. The van der Waals surface area contributed by atoms with E-state index >= 15 is 0 Å². The molecular formula is C18H19NO4S2. The number of nitrogens with one attached hydrogen (secondary N) is 1. The monoisotopic (exact) mass is 377 g/mol. The minimum Gasteiger partial charge on any atom is -0.457 e. The molecule has 2 aromatic carbocycles. The molecule has 7 heteroatoms. The Hall–Kier alpha value is -1.99. The summed E-state index contributed by atoms with van der Waals surface area (Å²) in [7, 11) is -3.22. The standard InChI is InChI=1S/C18H19NO4S2/c1-13(20)19-10-14-2-4-15(5-3-14)23-16-6-8-18(9-7-16)25(21,22)12-17-11-24-17/h2-9,17H,10-12H2,1H3,(H,19,20). The third-order valence-electron chi connectivity index (χ3n) is 3.69. The van der Waals surface area contributed by atoms with Gasteiger partial charge in [0, 0.05) is 24.5 Å². The fourth-order valence-electron chi connectivity index (χ4n) is 2.26. The van der Waals surface area contributed by atoms with E-state index in [4.69, 9.17) is 4.74 Å². The first-order valence-corrected chi connectivity index (χ1v) is 10.6. The Labute approximate surface area is 151 Å². The van der Waals surface area contributed by atoms with Gasteiger partial charge in [-0.1, -0.05) is 12.1 Å². The van der Waals surface area contributed by atoms with Gasteiger partial charge in [-0.15, -0.1) is 0 Å². The third kappa shape index (κ3) is 5.24. The number of carbonyl (C=O) groups excluding carboxylic acids is 1. The first-order valence-electron chi connectivity index (χ1n) is 7.88. The summed E-state index contributed by atoms with van der Waals surface area (Å²) in [5.74, 6) is 2.29. The van der Waals surface area contributed by atoms with Gasteiger partial charge in [0.1, 0.15) is 11.5 Å². The van der Waals surface area contributed by atoms with Gasteiger partial charge in [-0.3, -0.25) is 4.79 Å². The van der Waals surface area contributed by atoms with E-state index in [0.29, 0.717) is 22.9 Å². The second-order valence-electron chi connectivity index (χ2n) is 5.86. The van der Waals surface area contributed by atoms with Gasteiger partial charge in [0.2, 0.25) is 5.91 Å². The van der Waals surface area contributed by atoms with Crippen molar-refractivity contribution in [2.24, 2.45) is 0 Å². The number of carbonyl (C=O) groups is 1. The second-order valence-corrected chi connectivity index (χ2v) is 9.23. The Bertz CT molecular complexity index is 842. The minimum absolute atomic E-state index is 0.0735. The maximum absolute atomic E-state index is 12.2. The molecule has 0 saturated carbocycles. The fraction of sp³-hybridized carbons (Fsp3) is 0.278. The number of amides is 1. The van der Waals surface area contributed by atoms with Gasteiger partial charge in [-0.25, -0.2) is 8.42 Å². The molecule has 0 spiro atoms. The van der Waals surface area contributed by atoms with Gasteiger partial charge in [0.05, 0.1) is 10.6 Å². The molecule has 1 atom stereocenters. The van der Waals surface area contributed by atoms with Gasteiger partial charge < -0.3 is 10.1 Å². The van der Waals surface area contributed by atoms with Crippen molar-refractivity contribution in [3.05, 3.63) is 54.1 Å². The number of hydrogen-bond acceptors (Lipinski definition) is 5. The molecule has 1 aliphatic rings. The predicted molar refractivity (Wildman–Crippen MR) is 98.8 cm³/mol. The number of ether oxygens (including phenoxy) is 1. The zero-order valence-electron chi connectivity index (χ0n) is 13.8. The number of hydrogen-bond donors (Lipinski definition) is 1. The van der Waals surface area contributed by atoms with Crippen LogP contribution in [0.2, 0.25) is 0 Å². The van der Waals surface area contributed by atoms with E-state index in [2.05, 4.69) is 5.32 Å². The SMILES string of the molecule is CC(=O)NCc1ccc(Oc2ccc(S(=O)(=O)CC3CS3)cc2)cc1. The van der Waals surface area contributed by atoms with Gasteiger partial charge >= 0.3 is 0 Å². The molecule has 2 aromatic rings. The summed E-state index contributed by atoms with van der Waals surface area (Å²) < 4.78 is 30.2. The van der Waals surface area contributed by atoms with Gasteiger partial charge in [-0.2, -0.15) is 11.8 Å². The van der Waals surface area contributed by atoms with Crippen molar-refractivity contribution in [3.63, 3.8) is 0 Å². The highest BCUT2D eigenvalue weighted by molar-refractivity contribution is 8.08. The highest BCUT2D eigenvalue weighted by atomic mass is 32.2. The van der Waals surface area contributed by atoms with Crippen LogP contribution < -0.4 is 10.1 Å². The lowest BCUT2D eigenvalue weighted by Gasteiger charge is -2.08. The molecule has 1 N–H and O–H groups in total. The topological polar surface area (TPSA) is 72.5 Å². The van der Waals surface area contributed by atoms with Crippen molar-refractivity contribution in [2.75, 3.05) is 11.5 Å². The third-order valence-corrected chi connectivity index (χ3v) is 6.71. The van der Waals surface area contributed by atoms with Gasteiger partial charge in [0.15, 0.2) is 9.84 Å². The molecule has 0 aliphatic carbocycles. The first kappa shape index (κ1) is 17.8. The lowest BCUT2D eigenvalue weighted by molar-refractivity contribution is -0.119. The van der Waals surface area contributed by atoms with E-state index in [-0.39, 0.29) is 16.9 Å². The zero-order chi connectivity index (χ0) is 17.9. The Kier molecular flexibility index (Phi) is 5.34. The van der Waals surface area contributed by atoms with Crippen LogP contribution in [0.4, 0.5) is 0 Å². The summed E-state index contributed by atoms with van der Waals surface area (Å²) in [4.78, 5) is 11.2. The number of sulfone groups is 1. The van der Waals surface area contributed by atoms with Gasteiger partial charge in [0.25, 0.3) is 0 Å². The van der Waals surface area contributed by atoms with Crippen molar-refractivity contribution in [2.45, 2.75) is 23.6 Å². The summed E-state index contributed by atoms with van der Waals surface area (Å²) >= 11 is 1.67. The summed E-state index contributed by atoms with van der Waals surface area (Å²) in [5, 5.41) is 2.98. The van der Waals surface area contributed by atoms with E-state index in [1.165, 1.54) is 6.92 Å². The van der Waals surface area contributed by atoms with Crippen LogP contribution >= 0.6 is 11.8 Å². The fourth-order valence-corrected chi connectivity index (χ4v) is 4.93. The van der Waals surface area contributed by atoms with Crippen LogP contribution in [0.25, 0.3) is 0 Å². The Morgan fingerprint density at radius 1 is 1.12 bits per heavy atom. The lowest BCUT2D eigenvalue weighted by atomic mass is 10.2. The van der Waals surface area contributed by atoms with E-state index in [1.54, 1.807) is 36.0 Å². The van der Waals surface area contributed by atoms with E-state index in [1.807, 2.05) is 24.3 Å². The molecule has 0 radical (unpaired) electrons. The predicted octanol–water partition coefficient (Wildman–Crippen LogP) is 3.00. The molecular weight excluding hydrogens is 358 g/mol. The summed E-state index contributed by atoms with van der Waals surface area (Å²) in [6, 6.07) is 13.9. The first-order chi connectivity index (χ1) is 11.9. The Balaban J connectivity index is 1.62. The molecule has 0 aromatic heterocycles. The number of benzene rings is 2. The van der Waals surface area contributed by atoms with E-state index in [9.17, 15) is 13.2 Å². The van der Waals surface area contributed by atoms with Crippen molar-refractivity contribution >= 4 is 27.5 Å². The van der Waals surface area contributed by atoms with Crippen molar-refractivity contribution in [1.29, 1.82) is 0 Å². The lowest BCUT2D eigenvalue weighted by Crippen LogP contribution is -2.18. The highest BCUT2D eigenvalue weighted by Crippen LogP contribution is 2.33. The van der Waals surface area contributed by atoms with Crippen molar-refractivity contribution in [3.8, 4) is 11.5 Å². The largest absolute Gasteiger partial charge is 0.457 e. The Morgan fingerprint density at radius 2 is 1.68 bits per heavy atom. The maximum Gasteiger partial charge on any atom is 0.217 e. The van der Waals surface area contributed by atoms with E-state index < -0.39 is 9.84 Å². The quantitative estimate of drug-likeness (QED) is 0.751. The molecule has 25 heavy (non-hydrogen) atoms. The molecule has 3 rings (SSSR count). The average molecular weight is 377 g/mol. The maximum atomic E-state index is 12.2. The molecule has 5 nitrogen and oxygen atoms in total. The van der Waals surface area contributed by atoms with Crippen molar-refractivity contribution in [1.82, 2.24) is 5.32 Å². The van der Waals surface area contributed by atoms with Crippen LogP contribution in [-0.4, -0.2) is 31.1 Å². The molecule has 1 fully saturated rings. The van der Waals surface area contributed by atoms with Crippen LogP contribution in [0.15, 0.2) is 53.4 Å². The van der Waals surface area contributed by atoms with Crippen LogP contribution in [0.5, 0.6) is 11.5 Å². The van der Waals surface area contributed by atoms with E-state index in [0.717, 1.165) is 11.3 Å². The van der Waals surface area contributed by atoms with Crippen LogP contribution in [0.3, 0.4) is 0 Å². The Morgan fingerprint density at radius 3 is 2.20 bits per heavy atom. The highest BCUT2D eigenvalue weighted by Gasteiger charge is 2.29. The smallest absolute Gasteiger partial charge is 0.217 e. The second kappa shape index (κ2) is 7.49. The number of thioether (sulfide) groups is 1. The molecule has 1 unspecified atom stereocenters. The normalized spacial score (nSPS) is 16.3. The summed E-state index contributed by atoms with van der Waals surface area (Å²) in [5.41, 5.74) is 0.974. The minimum atomic E-state index is -3.22. The average Bonchev–Trinajstić information content (AvgIpc) is 3.38. The van der Waals surface area contributed by atoms with Crippen LogP contribution in [-0.2, 0) is 21.2 Å².